The van der Waals surface area contributed by atoms with E-state index in [0.29, 0.717) is 0 Å². The van der Waals surface area contributed by atoms with Crippen molar-refractivity contribution >= 4 is 0 Å². The lowest BCUT2D eigenvalue weighted by Crippen LogP contribution is -2.06. The van der Waals surface area contributed by atoms with Crippen LogP contribution in [0.5, 0.6) is 0 Å². The quantitative estimate of drug-likeness (QED) is 0.913. The molecule has 3 heteroatoms. The maximum atomic E-state index is 10.1. The fraction of sp³-hybridized carbons (Fsp3) is 0.438. The van der Waals surface area contributed by atoms with Gasteiger partial charge in [0.25, 0.3) is 0 Å². The molecule has 102 valence electrons. The van der Waals surface area contributed by atoms with Crippen molar-refractivity contribution in [1.29, 1.82) is 0 Å². The summed E-state index contributed by atoms with van der Waals surface area (Å²) in [6.45, 7) is 8.86. The Morgan fingerprint density at radius 1 is 1.21 bits per heavy atom. The fourth-order valence-electron chi connectivity index (χ4n) is 2.50. The Bertz CT molecular complexity index is 572. The third kappa shape index (κ3) is 2.71. The zero-order valence-corrected chi connectivity index (χ0v) is 12.1. The van der Waals surface area contributed by atoms with E-state index in [2.05, 4.69) is 30.2 Å². The maximum Gasteiger partial charge on any atom is 0.0823 e. The molecule has 1 atom stereocenters. The third-order valence-corrected chi connectivity index (χ3v) is 3.74. The minimum absolute atomic E-state index is 0.411. The Morgan fingerprint density at radius 3 is 2.53 bits per heavy atom. The van der Waals surface area contributed by atoms with Gasteiger partial charge in [0.1, 0.15) is 0 Å². The molecular formula is C16H22N2O. The largest absolute Gasteiger partial charge is 0.388 e. The van der Waals surface area contributed by atoms with Crippen molar-refractivity contribution in [3.8, 4) is 0 Å². The number of nitrogens with zero attached hydrogens (tertiary/aromatic N) is 2. The minimum atomic E-state index is -0.411. The highest BCUT2D eigenvalue weighted by Gasteiger charge is 2.17. The smallest absolute Gasteiger partial charge is 0.0823 e. The molecule has 0 saturated heterocycles. The normalized spacial score (nSPS) is 12.7. The summed E-state index contributed by atoms with van der Waals surface area (Å²) >= 11 is 0. The number of hydrogen-bond acceptors (Lipinski definition) is 2. The molecule has 1 heterocycles. The molecule has 2 aromatic rings. The van der Waals surface area contributed by atoms with E-state index in [1.54, 1.807) is 0 Å². The minimum Gasteiger partial charge on any atom is -0.388 e. The van der Waals surface area contributed by atoms with Crippen LogP contribution in [0, 0.1) is 20.8 Å². The molecule has 0 aliphatic carbocycles. The summed E-state index contributed by atoms with van der Waals surface area (Å²) in [4.78, 5) is 0. The van der Waals surface area contributed by atoms with Gasteiger partial charge in [-0.1, -0.05) is 31.2 Å². The van der Waals surface area contributed by atoms with Crippen LogP contribution >= 0.6 is 0 Å². The van der Waals surface area contributed by atoms with Gasteiger partial charge in [-0.2, -0.15) is 5.10 Å². The summed E-state index contributed by atoms with van der Waals surface area (Å²) in [5.41, 5.74) is 5.52. The van der Waals surface area contributed by atoms with Crippen molar-refractivity contribution in [3.63, 3.8) is 0 Å². The Balaban J connectivity index is 2.35. The van der Waals surface area contributed by atoms with E-state index in [9.17, 15) is 5.11 Å². The molecule has 3 nitrogen and oxygen atoms in total. The standard InChI is InChI=1S/C16H22N2O/c1-5-15(19)16-12(3)17-18(13(16)4)10-14-9-7-6-8-11(14)2/h6-9,15,19H,5,10H2,1-4H3. The number of benzene rings is 1. The number of aliphatic hydroxyl groups is 1. The van der Waals surface area contributed by atoms with Gasteiger partial charge >= 0.3 is 0 Å². The number of aromatic nitrogens is 2. The molecule has 1 aromatic carbocycles. The van der Waals surface area contributed by atoms with Gasteiger partial charge in [-0.3, -0.25) is 4.68 Å². The summed E-state index contributed by atoms with van der Waals surface area (Å²) in [5, 5.41) is 14.6. The summed E-state index contributed by atoms with van der Waals surface area (Å²) in [7, 11) is 0. The van der Waals surface area contributed by atoms with Crippen LogP contribution in [0.1, 0.15) is 47.5 Å². The van der Waals surface area contributed by atoms with E-state index in [1.165, 1.54) is 11.1 Å². The summed E-state index contributed by atoms with van der Waals surface area (Å²) in [6, 6.07) is 8.34. The SMILES string of the molecule is CCC(O)c1c(C)nn(Cc2ccccc2C)c1C. The van der Waals surface area contributed by atoms with Crippen LogP contribution in [-0.4, -0.2) is 14.9 Å². The van der Waals surface area contributed by atoms with Crippen molar-refractivity contribution in [1.82, 2.24) is 9.78 Å². The van der Waals surface area contributed by atoms with Gasteiger partial charge in [0, 0.05) is 11.3 Å². The second-order valence-corrected chi connectivity index (χ2v) is 5.09. The van der Waals surface area contributed by atoms with Crippen LogP contribution in [0.3, 0.4) is 0 Å². The Labute approximate surface area is 114 Å². The first kappa shape index (κ1) is 13.8. The van der Waals surface area contributed by atoms with Crippen LogP contribution < -0.4 is 0 Å². The van der Waals surface area contributed by atoms with Crippen molar-refractivity contribution < 1.29 is 5.11 Å². The van der Waals surface area contributed by atoms with E-state index < -0.39 is 6.10 Å². The number of hydrogen-bond donors (Lipinski definition) is 1. The van der Waals surface area contributed by atoms with Crippen molar-refractivity contribution in [2.75, 3.05) is 0 Å². The van der Waals surface area contributed by atoms with Gasteiger partial charge < -0.3 is 5.11 Å². The predicted octanol–water partition coefficient (Wildman–Crippen LogP) is 3.30. The number of aryl methyl sites for hydroxylation is 2. The molecule has 0 aliphatic rings. The molecule has 19 heavy (non-hydrogen) atoms. The highest BCUT2D eigenvalue weighted by molar-refractivity contribution is 5.30. The first-order chi connectivity index (χ1) is 9.04. The van der Waals surface area contributed by atoms with Gasteiger partial charge in [0.15, 0.2) is 0 Å². The third-order valence-electron chi connectivity index (χ3n) is 3.74. The molecular weight excluding hydrogens is 236 g/mol. The highest BCUT2D eigenvalue weighted by atomic mass is 16.3. The van der Waals surface area contributed by atoms with Crippen molar-refractivity contribution in [3.05, 3.63) is 52.3 Å². The molecule has 1 aromatic heterocycles. The van der Waals surface area contributed by atoms with E-state index in [1.807, 2.05) is 31.5 Å². The number of aliphatic hydroxyl groups excluding tert-OH is 1. The zero-order valence-electron chi connectivity index (χ0n) is 12.1. The molecule has 1 N–H and O–H groups in total. The average Bonchev–Trinajstić information content (AvgIpc) is 2.66. The molecule has 1 unspecified atom stereocenters. The van der Waals surface area contributed by atoms with Gasteiger partial charge in [-0.15, -0.1) is 0 Å². The monoisotopic (exact) mass is 258 g/mol. The van der Waals surface area contributed by atoms with Crippen molar-refractivity contribution in [2.45, 2.75) is 46.8 Å². The number of rotatable bonds is 4. The fourth-order valence-corrected chi connectivity index (χ4v) is 2.50. The average molecular weight is 258 g/mol. The lowest BCUT2D eigenvalue weighted by atomic mass is 10.1. The van der Waals surface area contributed by atoms with Gasteiger partial charge in [0.2, 0.25) is 0 Å². The van der Waals surface area contributed by atoms with Crippen LogP contribution in [0.25, 0.3) is 0 Å². The molecule has 0 spiro atoms. The van der Waals surface area contributed by atoms with E-state index in [4.69, 9.17) is 0 Å². The molecule has 0 aliphatic heterocycles. The summed E-state index contributed by atoms with van der Waals surface area (Å²) in [6.07, 6.45) is 0.309. The molecule has 0 saturated carbocycles. The van der Waals surface area contributed by atoms with Crippen LogP contribution in [-0.2, 0) is 6.54 Å². The Hall–Kier alpha value is -1.61. The van der Waals surface area contributed by atoms with Crippen LogP contribution in [0.4, 0.5) is 0 Å². The van der Waals surface area contributed by atoms with Gasteiger partial charge in [-0.25, -0.2) is 0 Å². The molecule has 0 amide bonds. The van der Waals surface area contributed by atoms with Gasteiger partial charge in [0.05, 0.1) is 18.3 Å². The van der Waals surface area contributed by atoms with Crippen LogP contribution in [0.2, 0.25) is 0 Å². The Kier molecular flexibility index (Phi) is 4.05. The molecule has 0 fully saturated rings. The second kappa shape index (κ2) is 5.57. The van der Waals surface area contributed by atoms with Crippen molar-refractivity contribution in [2.24, 2.45) is 0 Å². The Morgan fingerprint density at radius 2 is 1.89 bits per heavy atom. The lowest BCUT2D eigenvalue weighted by Gasteiger charge is -2.10. The highest BCUT2D eigenvalue weighted by Crippen LogP contribution is 2.24. The topological polar surface area (TPSA) is 38.1 Å². The summed E-state index contributed by atoms with van der Waals surface area (Å²) in [5.74, 6) is 0. The first-order valence-corrected chi connectivity index (χ1v) is 6.81. The van der Waals surface area contributed by atoms with E-state index >= 15 is 0 Å². The molecule has 2 rings (SSSR count). The van der Waals surface area contributed by atoms with Crippen LogP contribution in [0.15, 0.2) is 24.3 Å². The maximum absolute atomic E-state index is 10.1. The summed E-state index contributed by atoms with van der Waals surface area (Å²) < 4.78 is 1.99. The van der Waals surface area contributed by atoms with Gasteiger partial charge in [-0.05, 0) is 38.3 Å². The first-order valence-electron chi connectivity index (χ1n) is 6.81. The lowest BCUT2D eigenvalue weighted by molar-refractivity contribution is 0.172. The van der Waals surface area contributed by atoms with E-state index in [0.717, 1.165) is 29.9 Å². The zero-order chi connectivity index (χ0) is 14.0. The molecule has 0 bridgehead atoms. The van der Waals surface area contributed by atoms with E-state index in [-0.39, 0.29) is 0 Å². The predicted molar refractivity (Wildman–Crippen MR) is 77.2 cm³/mol. The second-order valence-electron chi connectivity index (χ2n) is 5.09. The molecule has 0 radical (unpaired) electrons.